The highest BCUT2D eigenvalue weighted by molar-refractivity contribution is 9.11. The van der Waals surface area contributed by atoms with Gasteiger partial charge in [0.1, 0.15) is 0 Å². The first-order valence-corrected chi connectivity index (χ1v) is 8.67. The molecule has 0 nitrogen and oxygen atoms in total. The zero-order valence-corrected chi connectivity index (χ0v) is 14.1. The Hall–Kier alpha value is -0.600. The Morgan fingerprint density at radius 2 is 1.79 bits per heavy atom. The molecular formula is C17H21BrS. The maximum atomic E-state index is 3.72. The van der Waals surface area contributed by atoms with Crippen LogP contribution in [0.1, 0.15) is 43.7 Å². The van der Waals surface area contributed by atoms with Gasteiger partial charge in [0.05, 0.1) is 3.79 Å². The van der Waals surface area contributed by atoms with E-state index in [4.69, 9.17) is 0 Å². The molecule has 0 aliphatic carbocycles. The summed E-state index contributed by atoms with van der Waals surface area (Å²) in [5.74, 6) is 0. The van der Waals surface area contributed by atoms with Gasteiger partial charge in [0, 0.05) is 4.88 Å². The van der Waals surface area contributed by atoms with Gasteiger partial charge >= 0.3 is 0 Å². The fraction of sp³-hybridized carbons (Fsp3) is 0.412. The molecule has 1 aromatic carbocycles. The molecule has 19 heavy (non-hydrogen) atoms. The Labute approximate surface area is 129 Å². The largest absolute Gasteiger partial charge is 0.128 e. The Bertz CT molecular complexity index is 511. The van der Waals surface area contributed by atoms with Crippen molar-refractivity contribution >= 4 is 27.3 Å². The molecule has 102 valence electrons. The number of rotatable bonds is 6. The highest BCUT2D eigenvalue weighted by Crippen LogP contribution is 2.36. The SMILES string of the molecule is CCCCCCc1cc(-c2ccc(C)cc2)sc1Br. The summed E-state index contributed by atoms with van der Waals surface area (Å²) >= 11 is 5.57. The minimum atomic E-state index is 1.20. The lowest BCUT2D eigenvalue weighted by atomic mass is 10.1. The second-order valence-electron chi connectivity index (χ2n) is 5.09. The predicted octanol–water partition coefficient (Wildman–Crippen LogP) is 6.61. The van der Waals surface area contributed by atoms with Gasteiger partial charge in [-0.3, -0.25) is 0 Å². The summed E-state index contributed by atoms with van der Waals surface area (Å²) in [6.07, 6.45) is 6.50. The lowest BCUT2D eigenvalue weighted by molar-refractivity contribution is 0.667. The third-order valence-corrected chi connectivity index (χ3v) is 5.40. The van der Waals surface area contributed by atoms with E-state index < -0.39 is 0 Å². The molecule has 1 aromatic heterocycles. The van der Waals surface area contributed by atoms with Crippen molar-refractivity contribution in [3.63, 3.8) is 0 Å². The summed E-state index contributed by atoms with van der Waals surface area (Å²) in [6, 6.07) is 11.2. The van der Waals surface area contributed by atoms with E-state index in [2.05, 4.69) is 60.1 Å². The van der Waals surface area contributed by atoms with Gasteiger partial charge in [-0.05, 0) is 52.9 Å². The van der Waals surface area contributed by atoms with Crippen molar-refractivity contribution in [1.29, 1.82) is 0 Å². The Morgan fingerprint density at radius 1 is 1.05 bits per heavy atom. The minimum Gasteiger partial charge on any atom is -0.128 e. The molecule has 0 saturated carbocycles. The minimum absolute atomic E-state index is 1.20. The van der Waals surface area contributed by atoms with Crippen molar-refractivity contribution in [3.05, 3.63) is 45.2 Å². The lowest BCUT2D eigenvalue weighted by Gasteiger charge is -1.99. The second kappa shape index (κ2) is 7.25. The normalized spacial score (nSPS) is 10.9. The van der Waals surface area contributed by atoms with Crippen LogP contribution in [0.4, 0.5) is 0 Å². The zero-order chi connectivity index (χ0) is 13.7. The highest BCUT2D eigenvalue weighted by atomic mass is 79.9. The first-order valence-electron chi connectivity index (χ1n) is 7.06. The van der Waals surface area contributed by atoms with E-state index >= 15 is 0 Å². The van der Waals surface area contributed by atoms with E-state index in [-0.39, 0.29) is 0 Å². The first kappa shape index (κ1) is 14.8. The molecule has 0 N–H and O–H groups in total. The fourth-order valence-electron chi connectivity index (χ4n) is 2.18. The molecule has 0 radical (unpaired) electrons. The Kier molecular flexibility index (Phi) is 5.65. The molecule has 2 rings (SSSR count). The van der Waals surface area contributed by atoms with E-state index in [0.717, 1.165) is 0 Å². The summed E-state index contributed by atoms with van der Waals surface area (Å²) in [6.45, 7) is 4.39. The molecule has 2 heteroatoms. The summed E-state index contributed by atoms with van der Waals surface area (Å²) in [5, 5.41) is 0. The topological polar surface area (TPSA) is 0 Å². The van der Waals surface area contributed by atoms with Crippen molar-refractivity contribution in [1.82, 2.24) is 0 Å². The number of thiophene rings is 1. The Balaban J connectivity index is 2.05. The average molecular weight is 337 g/mol. The molecule has 0 aliphatic heterocycles. The lowest BCUT2D eigenvalue weighted by Crippen LogP contribution is -1.83. The van der Waals surface area contributed by atoms with Crippen LogP contribution in [0, 0.1) is 6.92 Å². The molecule has 0 aliphatic rings. The Morgan fingerprint density at radius 3 is 2.47 bits per heavy atom. The van der Waals surface area contributed by atoms with Gasteiger partial charge in [-0.2, -0.15) is 0 Å². The molecule has 0 bridgehead atoms. The van der Waals surface area contributed by atoms with E-state index in [1.807, 2.05) is 11.3 Å². The van der Waals surface area contributed by atoms with Crippen molar-refractivity contribution in [2.24, 2.45) is 0 Å². The van der Waals surface area contributed by atoms with E-state index in [1.54, 1.807) is 0 Å². The smallest absolute Gasteiger partial charge is 0.0737 e. The van der Waals surface area contributed by atoms with Gasteiger partial charge in [-0.1, -0.05) is 56.0 Å². The number of hydrogen-bond acceptors (Lipinski definition) is 1. The number of benzene rings is 1. The van der Waals surface area contributed by atoms with Crippen molar-refractivity contribution in [2.75, 3.05) is 0 Å². The second-order valence-corrected chi connectivity index (χ2v) is 7.46. The molecule has 1 heterocycles. The quantitative estimate of drug-likeness (QED) is 0.520. The van der Waals surface area contributed by atoms with E-state index in [0.29, 0.717) is 0 Å². The molecule has 0 amide bonds. The van der Waals surface area contributed by atoms with Gasteiger partial charge < -0.3 is 0 Å². The summed E-state index contributed by atoms with van der Waals surface area (Å²) < 4.78 is 1.31. The maximum Gasteiger partial charge on any atom is 0.0737 e. The zero-order valence-electron chi connectivity index (χ0n) is 11.7. The molecule has 0 fully saturated rings. The molecular weight excluding hydrogens is 316 g/mol. The van der Waals surface area contributed by atoms with Crippen LogP contribution in [0.15, 0.2) is 34.1 Å². The third kappa shape index (κ3) is 4.19. The number of halogens is 1. The number of hydrogen-bond donors (Lipinski definition) is 0. The molecule has 0 spiro atoms. The molecule has 2 aromatic rings. The predicted molar refractivity (Wildman–Crippen MR) is 90.0 cm³/mol. The van der Waals surface area contributed by atoms with Crippen LogP contribution in [0.25, 0.3) is 10.4 Å². The van der Waals surface area contributed by atoms with Crippen LogP contribution < -0.4 is 0 Å². The number of unbranched alkanes of at least 4 members (excludes halogenated alkanes) is 3. The highest BCUT2D eigenvalue weighted by Gasteiger charge is 2.08. The van der Waals surface area contributed by atoms with Crippen molar-refractivity contribution in [2.45, 2.75) is 46.0 Å². The van der Waals surface area contributed by atoms with Crippen molar-refractivity contribution in [3.8, 4) is 10.4 Å². The molecule has 0 saturated heterocycles. The maximum absolute atomic E-state index is 3.72. The van der Waals surface area contributed by atoms with Gasteiger partial charge in [0.25, 0.3) is 0 Å². The van der Waals surface area contributed by atoms with Crippen LogP contribution in [-0.2, 0) is 6.42 Å². The van der Waals surface area contributed by atoms with Crippen LogP contribution in [0.3, 0.4) is 0 Å². The molecule has 0 atom stereocenters. The van der Waals surface area contributed by atoms with Crippen LogP contribution in [0.2, 0.25) is 0 Å². The molecule has 0 unspecified atom stereocenters. The van der Waals surface area contributed by atoms with Crippen LogP contribution >= 0.6 is 27.3 Å². The summed E-state index contributed by atoms with van der Waals surface area (Å²) in [5.41, 5.74) is 4.12. The van der Waals surface area contributed by atoms with Gasteiger partial charge in [-0.25, -0.2) is 0 Å². The van der Waals surface area contributed by atoms with E-state index in [9.17, 15) is 0 Å². The van der Waals surface area contributed by atoms with Crippen LogP contribution in [0.5, 0.6) is 0 Å². The summed E-state index contributed by atoms with van der Waals surface area (Å²) in [4.78, 5) is 1.37. The fourth-order valence-corrected chi connectivity index (χ4v) is 3.96. The van der Waals surface area contributed by atoms with Gasteiger partial charge in [0.15, 0.2) is 0 Å². The van der Waals surface area contributed by atoms with Crippen LogP contribution in [-0.4, -0.2) is 0 Å². The van der Waals surface area contributed by atoms with Gasteiger partial charge in [0.2, 0.25) is 0 Å². The standard InChI is InChI=1S/C17H21BrS/c1-3-4-5-6-7-15-12-16(19-17(15)18)14-10-8-13(2)9-11-14/h8-12H,3-7H2,1-2H3. The average Bonchev–Trinajstić information content (AvgIpc) is 2.77. The van der Waals surface area contributed by atoms with Crippen molar-refractivity contribution < 1.29 is 0 Å². The number of aryl methyl sites for hydroxylation is 2. The van der Waals surface area contributed by atoms with E-state index in [1.165, 1.54) is 57.5 Å². The van der Waals surface area contributed by atoms with Gasteiger partial charge in [-0.15, -0.1) is 11.3 Å². The third-order valence-electron chi connectivity index (χ3n) is 3.39. The monoisotopic (exact) mass is 336 g/mol. The summed E-state index contributed by atoms with van der Waals surface area (Å²) in [7, 11) is 0. The first-order chi connectivity index (χ1) is 9.20.